The number of esters is 1. The fourth-order valence-corrected chi connectivity index (χ4v) is 2.12. The van der Waals surface area contributed by atoms with Crippen LogP contribution < -0.4 is 9.64 Å². The molecule has 0 saturated carbocycles. The second-order valence-electron chi connectivity index (χ2n) is 3.74. The number of hydrogen-bond donors (Lipinski definition) is 0. The van der Waals surface area contributed by atoms with Gasteiger partial charge in [0.2, 0.25) is 0 Å². The smallest absolute Gasteiger partial charge is 0.308 e. The Kier molecular flexibility index (Phi) is 3.19. The SMILES string of the molecule is CC(=O)Oc1ccc(N2CCCC2=S)cc1. The van der Waals surface area contributed by atoms with Crippen LogP contribution in [-0.2, 0) is 4.79 Å². The van der Waals surface area contributed by atoms with E-state index in [0.717, 1.165) is 30.1 Å². The summed E-state index contributed by atoms with van der Waals surface area (Å²) in [5.74, 6) is 0.269. The summed E-state index contributed by atoms with van der Waals surface area (Å²) in [5, 5.41) is 0. The number of benzene rings is 1. The van der Waals surface area contributed by atoms with Gasteiger partial charge >= 0.3 is 5.97 Å². The lowest BCUT2D eigenvalue weighted by Crippen LogP contribution is -2.21. The topological polar surface area (TPSA) is 29.5 Å². The third-order valence-corrected chi connectivity index (χ3v) is 2.91. The Balaban J connectivity index is 2.12. The molecule has 16 heavy (non-hydrogen) atoms. The summed E-state index contributed by atoms with van der Waals surface area (Å²) in [6, 6.07) is 7.43. The van der Waals surface area contributed by atoms with E-state index >= 15 is 0 Å². The highest BCUT2D eigenvalue weighted by atomic mass is 32.1. The van der Waals surface area contributed by atoms with Crippen LogP contribution >= 0.6 is 12.2 Å². The lowest BCUT2D eigenvalue weighted by molar-refractivity contribution is -0.131. The van der Waals surface area contributed by atoms with Crippen LogP contribution in [0.1, 0.15) is 19.8 Å². The first-order chi connectivity index (χ1) is 7.66. The van der Waals surface area contributed by atoms with Gasteiger partial charge in [0, 0.05) is 19.2 Å². The molecule has 0 bridgehead atoms. The van der Waals surface area contributed by atoms with Crippen LogP contribution in [-0.4, -0.2) is 17.5 Å². The van der Waals surface area contributed by atoms with Crippen LogP contribution in [0.2, 0.25) is 0 Å². The summed E-state index contributed by atoms with van der Waals surface area (Å²) < 4.78 is 4.97. The maximum atomic E-state index is 10.8. The molecule has 84 valence electrons. The van der Waals surface area contributed by atoms with E-state index < -0.39 is 0 Å². The van der Waals surface area contributed by atoms with E-state index in [0.29, 0.717) is 5.75 Å². The van der Waals surface area contributed by atoms with Crippen molar-refractivity contribution < 1.29 is 9.53 Å². The molecule has 3 nitrogen and oxygen atoms in total. The molecule has 0 spiro atoms. The van der Waals surface area contributed by atoms with Gasteiger partial charge in [-0.1, -0.05) is 12.2 Å². The molecular weight excluding hydrogens is 222 g/mol. The first-order valence-corrected chi connectivity index (χ1v) is 5.66. The molecule has 0 atom stereocenters. The molecule has 4 heteroatoms. The van der Waals surface area contributed by atoms with Gasteiger partial charge in [0.15, 0.2) is 0 Å². The number of rotatable bonds is 2. The van der Waals surface area contributed by atoms with Crippen molar-refractivity contribution >= 4 is 28.9 Å². The molecule has 2 rings (SSSR count). The number of ether oxygens (including phenoxy) is 1. The van der Waals surface area contributed by atoms with Crippen molar-refractivity contribution in [2.24, 2.45) is 0 Å². The van der Waals surface area contributed by atoms with Crippen molar-refractivity contribution in [3.05, 3.63) is 24.3 Å². The van der Waals surface area contributed by atoms with Crippen LogP contribution in [0.3, 0.4) is 0 Å². The summed E-state index contributed by atoms with van der Waals surface area (Å²) in [7, 11) is 0. The molecule has 1 saturated heterocycles. The number of nitrogens with zero attached hydrogens (tertiary/aromatic N) is 1. The van der Waals surface area contributed by atoms with E-state index in [-0.39, 0.29) is 5.97 Å². The summed E-state index contributed by atoms with van der Waals surface area (Å²) >= 11 is 5.27. The molecular formula is C12H13NO2S. The van der Waals surface area contributed by atoms with Gasteiger partial charge in [-0.25, -0.2) is 0 Å². The first kappa shape index (κ1) is 11.1. The number of carbonyl (C=O) groups is 1. The molecule has 1 aromatic rings. The van der Waals surface area contributed by atoms with Gasteiger partial charge in [-0.2, -0.15) is 0 Å². The summed E-state index contributed by atoms with van der Waals surface area (Å²) in [5.41, 5.74) is 1.07. The van der Waals surface area contributed by atoms with Crippen molar-refractivity contribution in [3.63, 3.8) is 0 Å². The van der Waals surface area contributed by atoms with Crippen molar-refractivity contribution in [1.82, 2.24) is 0 Å². The van der Waals surface area contributed by atoms with Crippen molar-refractivity contribution in [2.45, 2.75) is 19.8 Å². The quantitative estimate of drug-likeness (QED) is 0.447. The van der Waals surface area contributed by atoms with E-state index in [4.69, 9.17) is 17.0 Å². The Bertz CT molecular complexity index is 414. The maximum absolute atomic E-state index is 10.8. The largest absolute Gasteiger partial charge is 0.427 e. The second kappa shape index (κ2) is 4.61. The van der Waals surface area contributed by atoms with Gasteiger partial charge in [0.1, 0.15) is 5.75 Å². The van der Waals surface area contributed by atoms with E-state index in [1.807, 2.05) is 12.1 Å². The second-order valence-corrected chi connectivity index (χ2v) is 4.21. The molecule has 0 unspecified atom stereocenters. The van der Waals surface area contributed by atoms with Gasteiger partial charge in [-0.05, 0) is 37.1 Å². The minimum absolute atomic E-state index is 0.301. The Hall–Kier alpha value is -1.42. The van der Waals surface area contributed by atoms with Crippen LogP contribution in [0, 0.1) is 0 Å². The zero-order chi connectivity index (χ0) is 11.5. The average Bonchev–Trinajstić information content (AvgIpc) is 2.65. The van der Waals surface area contributed by atoms with Gasteiger partial charge in [0.05, 0.1) is 4.99 Å². The molecule has 0 aromatic heterocycles. The van der Waals surface area contributed by atoms with Crippen LogP contribution in [0.5, 0.6) is 5.75 Å². The van der Waals surface area contributed by atoms with Crippen molar-refractivity contribution in [2.75, 3.05) is 11.4 Å². The zero-order valence-electron chi connectivity index (χ0n) is 9.10. The molecule has 1 fully saturated rings. The molecule has 1 aromatic carbocycles. The van der Waals surface area contributed by atoms with E-state index in [1.54, 1.807) is 12.1 Å². The number of carbonyl (C=O) groups excluding carboxylic acids is 1. The number of anilines is 1. The van der Waals surface area contributed by atoms with E-state index in [2.05, 4.69) is 4.90 Å². The highest BCUT2D eigenvalue weighted by Crippen LogP contribution is 2.24. The maximum Gasteiger partial charge on any atom is 0.308 e. The Morgan fingerprint density at radius 3 is 2.56 bits per heavy atom. The average molecular weight is 235 g/mol. The Morgan fingerprint density at radius 2 is 2.06 bits per heavy atom. The summed E-state index contributed by atoms with van der Waals surface area (Å²) in [4.78, 5) is 13.9. The predicted molar refractivity (Wildman–Crippen MR) is 66.9 cm³/mol. The highest BCUT2D eigenvalue weighted by molar-refractivity contribution is 7.80. The normalized spacial score (nSPS) is 15.3. The van der Waals surface area contributed by atoms with Crippen molar-refractivity contribution in [3.8, 4) is 5.75 Å². The fraction of sp³-hybridized carbons (Fsp3) is 0.333. The summed E-state index contributed by atoms with van der Waals surface area (Å²) in [6.07, 6.45) is 2.10. The molecule has 1 aliphatic heterocycles. The Morgan fingerprint density at radius 1 is 1.38 bits per heavy atom. The minimum atomic E-state index is -0.301. The lowest BCUT2D eigenvalue weighted by Gasteiger charge is -2.17. The number of hydrogen-bond acceptors (Lipinski definition) is 3. The van der Waals surface area contributed by atoms with E-state index in [9.17, 15) is 4.79 Å². The molecule has 1 aliphatic rings. The molecule has 0 N–H and O–H groups in total. The first-order valence-electron chi connectivity index (χ1n) is 5.25. The van der Waals surface area contributed by atoms with Gasteiger partial charge < -0.3 is 9.64 Å². The zero-order valence-corrected chi connectivity index (χ0v) is 9.92. The lowest BCUT2D eigenvalue weighted by atomic mass is 10.3. The predicted octanol–water partition coefficient (Wildman–Crippen LogP) is 2.54. The minimum Gasteiger partial charge on any atom is -0.427 e. The highest BCUT2D eigenvalue weighted by Gasteiger charge is 2.17. The van der Waals surface area contributed by atoms with Crippen LogP contribution in [0.15, 0.2) is 24.3 Å². The molecule has 1 heterocycles. The molecule has 0 radical (unpaired) electrons. The fourth-order valence-electron chi connectivity index (χ4n) is 1.78. The van der Waals surface area contributed by atoms with Crippen LogP contribution in [0.4, 0.5) is 5.69 Å². The third-order valence-electron chi connectivity index (χ3n) is 2.48. The molecule has 0 amide bonds. The van der Waals surface area contributed by atoms with E-state index in [1.165, 1.54) is 6.92 Å². The standard InChI is InChI=1S/C12H13NO2S/c1-9(14)15-11-6-4-10(5-7-11)13-8-2-3-12(13)16/h4-7H,2-3,8H2,1H3. The van der Waals surface area contributed by atoms with Gasteiger partial charge in [-0.3, -0.25) is 4.79 Å². The van der Waals surface area contributed by atoms with Crippen LogP contribution in [0.25, 0.3) is 0 Å². The third kappa shape index (κ3) is 2.39. The molecule has 0 aliphatic carbocycles. The van der Waals surface area contributed by atoms with Gasteiger partial charge in [-0.15, -0.1) is 0 Å². The van der Waals surface area contributed by atoms with Crippen molar-refractivity contribution in [1.29, 1.82) is 0 Å². The Labute approximate surface area is 100 Å². The number of thiocarbonyl (C=S) groups is 1. The summed E-state index contributed by atoms with van der Waals surface area (Å²) in [6.45, 7) is 2.37. The van der Waals surface area contributed by atoms with Gasteiger partial charge in [0.25, 0.3) is 0 Å². The monoisotopic (exact) mass is 235 g/mol.